The Bertz CT molecular complexity index is 268. The summed E-state index contributed by atoms with van der Waals surface area (Å²) in [6, 6.07) is 4.34. The zero-order valence-corrected chi connectivity index (χ0v) is 8.31. The molecule has 0 fully saturated rings. The smallest absolute Gasteiger partial charge is 0.129 e. The van der Waals surface area contributed by atoms with E-state index in [1.54, 1.807) is 12.1 Å². The number of rotatable bonds is 3. The average molecular weight is 202 g/mol. The number of hydrogen-bond acceptors (Lipinski definition) is 1. The Hall–Kier alpha value is -0.600. The maximum absolute atomic E-state index is 13.3. The van der Waals surface area contributed by atoms with Gasteiger partial charge in [-0.3, -0.25) is 0 Å². The molecule has 72 valence electrons. The lowest BCUT2D eigenvalue weighted by atomic mass is 10.0. The van der Waals surface area contributed by atoms with Crippen molar-refractivity contribution < 1.29 is 4.39 Å². The Morgan fingerprint density at radius 1 is 1.54 bits per heavy atom. The molecule has 0 aliphatic rings. The second-order valence-electron chi connectivity index (χ2n) is 3.03. The van der Waals surface area contributed by atoms with E-state index in [4.69, 9.17) is 17.3 Å². The van der Waals surface area contributed by atoms with Crippen LogP contribution in [0.5, 0.6) is 0 Å². The van der Waals surface area contributed by atoms with Crippen molar-refractivity contribution in [3.05, 3.63) is 34.6 Å². The third kappa shape index (κ3) is 2.42. The summed E-state index contributed by atoms with van der Waals surface area (Å²) in [5.41, 5.74) is 6.22. The maximum Gasteiger partial charge on any atom is 0.129 e. The van der Waals surface area contributed by atoms with E-state index < -0.39 is 0 Å². The van der Waals surface area contributed by atoms with Crippen LogP contribution in [0.25, 0.3) is 0 Å². The van der Waals surface area contributed by atoms with Crippen LogP contribution >= 0.6 is 11.6 Å². The van der Waals surface area contributed by atoms with Gasteiger partial charge in [0.25, 0.3) is 0 Å². The summed E-state index contributed by atoms with van der Waals surface area (Å²) in [5.74, 6) is -0.312. The molecule has 1 atom stereocenters. The molecule has 0 bridgehead atoms. The van der Waals surface area contributed by atoms with Gasteiger partial charge in [-0.25, -0.2) is 4.39 Å². The molecule has 0 spiro atoms. The standard InChI is InChI=1S/C10H13ClFN/c1-2-4-9(13)10-7(11)5-3-6-8(10)12/h3,5-6,9H,2,4,13H2,1H3. The van der Waals surface area contributed by atoms with Gasteiger partial charge in [0.2, 0.25) is 0 Å². The van der Waals surface area contributed by atoms with Gasteiger partial charge in [-0.15, -0.1) is 0 Å². The van der Waals surface area contributed by atoms with Crippen LogP contribution in [0.1, 0.15) is 31.4 Å². The van der Waals surface area contributed by atoms with Gasteiger partial charge in [0, 0.05) is 16.6 Å². The summed E-state index contributed by atoms with van der Waals surface area (Å²) in [5, 5.41) is 0.418. The number of halogens is 2. The highest BCUT2D eigenvalue weighted by atomic mass is 35.5. The fraction of sp³-hybridized carbons (Fsp3) is 0.400. The number of hydrogen-bond donors (Lipinski definition) is 1. The van der Waals surface area contributed by atoms with Crippen LogP contribution < -0.4 is 5.73 Å². The van der Waals surface area contributed by atoms with Gasteiger partial charge < -0.3 is 5.73 Å². The molecule has 0 saturated heterocycles. The molecular formula is C10H13ClFN. The molecule has 0 radical (unpaired) electrons. The summed E-state index contributed by atoms with van der Waals surface area (Å²) >= 11 is 5.84. The Kier molecular flexibility index (Phi) is 3.70. The number of benzene rings is 1. The van der Waals surface area contributed by atoms with Crippen LogP contribution in [0.2, 0.25) is 5.02 Å². The fourth-order valence-electron chi connectivity index (χ4n) is 1.32. The molecule has 1 aromatic rings. The minimum Gasteiger partial charge on any atom is -0.324 e. The Morgan fingerprint density at radius 3 is 2.77 bits per heavy atom. The molecule has 13 heavy (non-hydrogen) atoms. The molecule has 0 amide bonds. The van der Waals surface area contributed by atoms with E-state index in [0.717, 1.165) is 12.8 Å². The first-order chi connectivity index (χ1) is 6.16. The summed E-state index contributed by atoms with van der Waals surface area (Å²) in [6.07, 6.45) is 1.67. The van der Waals surface area contributed by atoms with E-state index in [0.29, 0.717) is 10.6 Å². The Morgan fingerprint density at radius 2 is 2.23 bits per heavy atom. The Balaban J connectivity index is 2.98. The molecule has 0 aliphatic carbocycles. The quantitative estimate of drug-likeness (QED) is 0.798. The van der Waals surface area contributed by atoms with Crippen molar-refractivity contribution in [2.24, 2.45) is 5.73 Å². The molecule has 0 saturated carbocycles. The SMILES string of the molecule is CCCC(N)c1c(F)cccc1Cl. The fourth-order valence-corrected chi connectivity index (χ4v) is 1.62. The molecule has 1 rings (SSSR count). The van der Waals surface area contributed by atoms with Crippen LogP contribution in [-0.2, 0) is 0 Å². The second-order valence-corrected chi connectivity index (χ2v) is 3.44. The van der Waals surface area contributed by atoms with E-state index in [-0.39, 0.29) is 11.9 Å². The normalized spacial score (nSPS) is 12.9. The lowest BCUT2D eigenvalue weighted by Gasteiger charge is -2.13. The third-order valence-electron chi connectivity index (χ3n) is 1.97. The molecule has 0 aliphatic heterocycles. The molecule has 2 N–H and O–H groups in total. The highest BCUT2D eigenvalue weighted by Gasteiger charge is 2.13. The van der Waals surface area contributed by atoms with Crippen LogP contribution in [-0.4, -0.2) is 0 Å². The van der Waals surface area contributed by atoms with Crippen LogP contribution in [0.3, 0.4) is 0 Å². The van der Waals surface area contributed by atoms with Crippen molar-refractivity contribution in [3.63, 3.8) is 0 Å². The molecule has 0 heterocycles. The molecular weight excluding hydrogens is 189 g/mol. The van der Waals surface area contributed by atoms with Gasteiger partial charge in [0.15, 0.2) is 0 Å². The van der Waals surface area contributed by atoms with Crippen molar-refractivity contribution in [1.29, 1.82) is 0 Å². The molecule has 1 aromatic carbocycles. The lowest BCUT2D eigenvalue weighted by Crippen LogP contribution is -2.12. The highest BCUT2D eigenvalue weighted by Crippen LogP contribution is 2.26. The minimum atomic E-state index is -0.312. The van der Waals surface area contributed by atoms with Gasteiger partial charge in [-0.05, 0) is 18.6 Å². The molecule has 1 unspecified atom stereocenters. The Labute approximate surface area is 82.7 Å². The lowest BCUT2D eigenvalue weighted by molar-refractivity contribution is 0.560. The summed E-state index contributed by atoms with van der Waals surface area (Å²) in [4.78, 5) is 0. The van der Waals surface area contributed by atoms with E-state index in [1.807, 2.05) is 6.92 Å². The van der Waals surface area contributed by atoms with E-state index in [2.05, 4.69) is 0 Å². The van der Waals surface area contributed by atoms with Crippen LogP contribution in [0.15, 0.2) is 18.2 Å². The zero-order chi connectivity index (χ0) is 9.84. The van der Waals surface area contributed by atoms with Crippen molar-refractivity contribution in [2.75, 3.05) is 0 Å². The van der Waals surface area contributed by atoms with Gasteiger partial charge in [-0.1, -0.05) is 31.0 Å². The molecule has 1 nitrogen and oxygen atoms in total. The maximum atomic E-state index is 13.3. The largest absolute Gasteiger partial charge is 0.324 e. The van der Waals surface area contributed by atoms with Gasteiger partial charge in [-0.2, -0.15) is 0 Å². The molecule has 3 heteroatoms. The van der Waals surface area contributed by atoms with E-state index in [9.17, 15) is 4.39 Å². The van der Waals surface area contributed by atoms with Gasteiger partial charge in [0.05, 0.1) is 0 Å². The van der Waals surface area contributed by atoms with E-state index >= 15 is 0 Å². The zero-order valence-electron chi connectivity index (χ0n) is 7.56. The van der Waals surface area contributed by atoms with Crippen LogP contribution in [0.4, 0.5) is 4.39 Å². The van der Waals surface area contributed by atoms with Gasteiger partial charge >= 0.3 is 0 Å². The summed E-state index contributed by atoms with van der Waals surface area (Å²) in [6.45, 7) is 2.01. The topological polar surface area (TPSA) is 26.0 Å². The van der Waals surface area contributed by atoms with E-state index in [1.165, 1.54) is 6.07 Å². The first kappa shape index (κ1) is 10.5. The highest BCUT2D eigenvalue weighted by molar-refractivity contribution is 6.31. The van der Waals surface area contributed by atoms with Crippen molar-refractivity contribution >= 4 is 11.6 Å². The minimum absolute atomic E-state index is 0.293. The van der Waals surface area contributed by atoms with Gasteiger partial charge in [0.1, 0.15) is 5.82 Å². The first-order valence-electron chi connectivity index (χ1n) is 4.36. The van der Waals surface area contributed by atoms with Crippen LogP contribution in [0, 0.1) is 5.82 Å². The van der Waals surface area contributed by atoms with Crippen molar-refractivity contribution in [3.8, 4) is 0 Å². The number of nitrogens with two attached hydrogens (primary N) is 1. The predicted molar refractivity (Wildman–Crippen MR) is 53.2 cm³/mol. The summed E-state index contributed by atoms with van der Waals surface area (Å²) in [7, 11) is 0. The summed E-state index contributed by atoms with van der Waals surface area (Å²) < 4.78 is 13.3. The monoisotopic (exact) mass is 201 g/mol. The second kappa shape index (κ2) is 4.58. The average Bonchev–Trinajstić information content (AvgIpc) is 2.04. The molecule has 0 aromatic heterocycles. The third-order valence-corrected chi connectivity index (χ3v) is 2.30. The predicted octanol–water partition coefficient (Wildman–Crippen LogP) is 3.28. The van der Waals surface area contributed by atoms with Crippen molar-refractivity contribution in [1.82, 2.24) is 0 Å². The first-order valence-corrected chi connectivity index (χ1v) is 4.74. The van der Waals surface area contributed by atoms with Crippen molar-refractivity contribution in [2.45, 2.75) is 25.8 Å².